The molecule has 0 fully saturated rings. The van der Waals surface area contributed by atoms with Crippen molar-refractivity contribution in [3.63, 3.8) is 0 Å². The third kappa shape index (κ3) is 65.1. The molecule has 0 bridgehead atoms. The van der Waals surface area contributed by atoms with Crippen LogP contribution in [0, 0.1) is 17.8 Å². The van der Waals surface area contributed by atoms with Crippen LogP contribution in [0.25, 0.3) is 0 Å². The zero-order valence-corrected chi connectivity index (χ0v) is 61.1. The first kappa shape index (κ1) is 89.1. The predicted molar refractivity (Wildman–Crippen MR) is 368 cm³/mol. The molecule has 6 atom stereocenters. The lowest BCUT2D eigenvalue weighted by atomic mass is 10.00. The molecule has 0 aliphatic rings. The Hall–Kier alpha value is -1.94. The van der Waals surface area contributed by atoms with Crippen LogP contribution in [0.3, 0.4) is 0 Å². The van der Waals surface area contributed by atoms with Gasteiger partial charge in [-0.05, 0) is 43.4 Å². The van der Waals surface area contributed by atoms with Gasteiger partial charge in [0.2, 0.25) is 0 Å². The van der Waals surface area contributed by atoms with E-state index in [-0.39, 0.29) is 25.7 Å². The Labute approximate surface area is 556 Å². The van der Waals surface area contributed by atoms with Crippen LogP contribution in [-0.2, 0) is 65.4 Å². The van der Waals surface area contributed by atoms with Gasteiger partial charge in [-0.25, -0.2) is 9.13 Å². The summed E-state index contributed by atoms with van der Waals surface area (Å²) in [5, 5.41) is 10.6. The largest absolute Gasteiger partial charge is 0.472 e. The molecule has 0 saturated heterocycles. The van der Waals surface area contributed by atoms with Gasteiger partial charge in [0.1, 0.15) is 19.3 Å². The first-order valence-corrected chi connectivity index (χ1v) is 40.4. The van der Waals surface area contributed by atoms with Crippen molar-refractivity contribution >= 4 is 39.5 Å². The lowest BCUT2D eigenvalue weighted by Gasteiger charge is -2.21. The standard InChI is InChI=1S/C72H140O17P2/c1-8-10-11-12-13-14-15-16-17-21-26-31-39-46-53-69(74)82-59-67(88-71(76)55-48-41-32-27-22-19-18-20-24-29-36-43-50-63(3)4)61-86-90(78,79)84-57-66(73)58-85-91(80,81)87-62-68(60-83-70(75)54-47-40-35-34-38-45-52-65(7)9-2)89-72(77)56-49-42-33-28-23-25-30-37-44-51-64(5)6/h63-68,73H,8-62H2,1-7H3,(H,78,79)(H,80,81)/t65?,66-,67-,68-/m1/s1. The van der Waals surface area contributed by atoms with Crippen molar-refractivity contribution in [2.24, 2.45) is 17.8 Å². The number of phosphoric acid groups is 2. The van der Waals surface area contributed by atoms with Crippen molar-refractivity contribution in [3.8, 4) is 0 Å². The molecule has 0 aromatic carbocycles. The van der Waals surface area contributed by atoms with Gasteiger partial charge in [0.05, 0.1) is 26.4 Å². The number of ether oxygens (including phenoxy) is 4. The lowest BCUT2D eigenvalue weighted by molar-refractivity contribution is -0.161. The van der Waals surface area contributed by atoms with E-state index in [4.69, 9.17) is 37.0 Å². The van der Waals surface area contributed by atoms with Gasteiger partial charge < -0.3 is 33.8 Å². The number of carbonyl (C=O) groups is 4. The summed E-state index contributed by atoms with van der Waals surface area (Å²) in [4.78, 5) is 72.6. The van der Waals surface area contributed by atoms with E-state index in [1.54, 1.807) is 0 Å². The van der Waals surface area contributed by atoms with E-state index in [0.717, 1.165) is 114 Å². The van der Waals surface area contributed by atoms with Crippen LogP contribution in [0.5, 0.6) is 0 Å². The molecule has 91 heavy (non-hydrogen) atoms. The summed E-state index contributed by atoms with van der Waals surface area (Å²) in [7, 11) is -9.91. The van der Waals surface area contributed by atoms with E-state index in [1.807, 2.05) is 0 Å². The van der Waals surface area contributed by atoms with Crippen molar-refractivity contribution in [1.29, 1.82) is 0 Å². The maximum absolute atomic E-state index is 13.0. The molecule has 17 nitrogen and oxygen atoms in total. The minimum Gasteiger partial charge on any atom is -0.462 e. The van der Waals surface area contributed by atoms with Gasteiger partial charge in [-0.2, -0.15) is 0 Å². The fraction of sp³-hybridized carbons (Fsp3) is 0.944. The Morgan fingerprint density at radius 3 is 0.835 bits per heavy atom. The van der Waals surface area contributed by atoms with E-state index < -0.39 is 97.5 Å². The molecular weight excluding hydrogens is 1200 g/mol. The lowest BCUT2D eigenvalue weighted by Crippen LogP contribution is -2.30. The van der Waals surface area contributed by atoms with Gasteiger partial charge in [0.15, 0.2) is 12.2 Å². The Balaban J connectivity index is 5.26. The summed E-state index contributed by atoms with van der Waals surface area (Å²) in [6, 6.07) is 0. The SMILES string of the molecule is CCCCCCCCCCCCCCCCC(=O)OC[C@H](COP(=O)(O)OC[C@@H](O)COP(=O)(O)OC[C@@H](COC(=O)CCCCCCCCC(C)CC)OC(=O)CCCCCCCCCCCC(C)C)OC(=O)CCCCCCCCCCCCCCC(C)C. The van der Waals surface area contributed by atoms with E-state index in [2.05, 4.69) is 48.5 Å². The average Bonchev–Trinajstić information content (AvgIpc) is 3.63. The Morgan fingerprint density at radius 1 is 0.319 bits per heavy atom. The van der Waals surface area contributed by atoms with Crippen molar-refractivity contribution in [3.05, 3.63) is 0 Å². The Kier molecular flexibility index (Phi) is 61.5. The zero-order chi connectivity index (χ0) is 67.3. The molecule has 0 heterocycles. The van der Waals surface area contributed by atoms with Gasteiger partial charge in [-0.15, -0.1) is 0 Å². The topological polar surface area (TPSA) is 237 Å². The second-order valence-electron chi connectivity index (χ2n) is 27.2. The second kappa shape index (κ2) is 62.8. The highest BCUT2D eigenvalue weighted by atomic mass is 31.2. The maximum atomic E-state index is 13.0. The summed E-state index contributed by atoms with van der Waals surface area (Å²) in [6.45, 7) is 11.8. The molecule has 3 N–H and O–H groups in total. The highest BCUT2D eigenvalue weighted by Crippen LogP contribution is 2.45. The molecule has 540 valence electrons. The quantitative estimate of drug-likeness (QED) is 0.0222. The molecule has 0 aromatic rings. The van der Waals surface area contributed by atoms with Crippen LogP contribution < -0.4 is 0 Å². The Bertz CT molecular complexity index is 1790. The molecule has 0 aliphatic heterocycles. The van der Waals surface area contributed by atoms with Crippen LogP contribution >= 0.6 is 15.6 Å². The number of phosphoric ester groups is 2. The average molecular weight is 1340 g/mol. The number of carbonyl (C=O) groups excluding carboxylic acids is 4. The minimum atomic E-state index is -4.95. The molecule has 0 aliphatic carbocycles. The monoisotopic (exact) mass is 1340 g/mol. The molecule has 0 rings (SSSR count). The smallest absolute Gasteiger partial charge is 0.462 e. The number of aliphatic hydroxyl groups excluding tert-OH is 1. The summed E-state index contributed by atoms with van der Waals surface area (Å²) >= 11 is 0. The second-order valence-corrected chi connectivity index (χ2v) is 30.1. The van der Waals surface area contributed by atoms with Gasteiger partial charge >= 0.3 is 39.5 Å². The molecule has 3 unspecified atom stereocenters. The van der Waals surface area contributed by atoms with E-state index in [0.29, 0.717) is 25.7 Å². The molecular formula is C72H140O17P2. The van der Waals surface area contributed by atoms with Crippen molar-refractivity contribution in [2.75, 3.05) is 39.6 Å². The predicted octanol–water partition coefficient (Wildman–Crippen LogP) is 20.6. The fourth-order valence-corrected chi connectivity index (χ4v) is 12.4. The normalized spacial score (nSPS) is 14.5. The van der Waals surface area contributed by atoms with Gasteiger partial charge in [0.25, 0.3) is 0 Å². The summed E-state index contributed by atoms with van der Waals surface area (Å²) in [5.74, 6) is 0.120. The van der Waals surface area contributed by atoms with Gasteiger partial charge in [0, 0.05) is 25.7 Å². The molecule has 0 spiro atoms. The Morgan fingerprint density at radius 2 is 0.560 bits per heavy atom. The maximum Gasteiger partial charge on any atom is 0.472 e. The van der Waals surface area contributed by atoms with Crippen molar-refractivity contribution in [2.45, 2.75) is 381 Å². The fourth-order valence-electron chi connectivity index (χ4n) is 10.9. The number of hydrogen-bond acceptors (Lipinski definition) is 15. The van der Waals surface area contributed by atoms with Crippen molar-refractivity contribution < 1.29 is 80.2 Å². The van der Waals surface area contributed by atoms with Crippen LogP contribution in [-0.4, -0.2) is 96.7 Å². The number of esters is 4. The molecule has 0 amide bonds. The highest BCUT2D eigenvalue weighted by Gasteiger charge is 2.30. The molecule has 0 aromatic heterocycles. The van der Waals surface area contributed by atoms with E-state index in [1.165, 1.54) is 167 Å². The number of hydrogen-bond donors (Lipinski definition) is 3. The number of rotatable bonds is 70. The number of aliphatic hydroxyl groups is 1. The van der Waals surface area contributed by atoms with Crippen LogP contribution in [0.4, 0.5) is 0 Å². The first-order chi connectivity index (χ1) is 43.8. The molecule has 0 radical (unpaired) electrons. The third-order valence-electron chi connectivity index (χ3n) is 17.0. The highest BCUT2D eigenvalue weighted by molar-refractivity contribution is 7.47. The summed E-state index contributed by atoms with van der Waals surface area (Å²) < 4.78 is 68.4. The van der Waals surface area contributed by atoms with Crippen LogP contribution in [0.15, 0.2) is 0 Å². The number of unbranched alkanes of at least 4 members (excludes halogenated alkanes) is 37. The molecule has 19 heteroatoms. The molecule has 0 saturated carbocycles. The van der Waals surface area contributed by atoms with E-state index in [9.17, 15) is 43.2 Å². The first-order valence-electron chi connectivity index (χ1n) is 37.4. The summed E-state index contributed by atoms with van der Waals surface area (Å²) in [5.41, 5.74) is 0. The third-order valence-corrected chi connectivity index (χ3v) is 18.9. The summed E-state index contributed by atoms with van der Waals surface area (Å²) in [6.07, 6.45) is 47.1. The van der Waals surface area contributed by atoms with Gasteiger partial charge in [-0.3, -0.25) is 37.3 Å². The van der Waals surface area contributed by atoms with E-state index >= 15 is 0 Å². The van der Waals surface area contributed by atoms with Gasteiger partial charge in [-0.1, -0.05) is 312 Å². The minimum absolute atomic E-state index is 0.104. The zero-order valence-electron chi connectivity index (χ0n) is 59.3. The van der Waals surface area contributed by atoms with Crippen LogP contribution in [0.1, 0.15) is 363 Å². The van der Waals surface area contributed by atoms with Crippen LogP contribution in [0.2, 0.25) is 0 Å². The van der Waals surface area contributed by atoms with Crippen molar-refractivity contribution in [1.82, 2.24) is 0 Å².